The van der Waals surface area contributed by atoms with E-state index in [1.54, 1.807) is 0 Å². The average Bonchev–Trinajstić information content (AvgIpc) is 2.67. The summed E-state index contributed by atoms with van der Waals surface area (Å²) in [6.07, 6.45) is 0. The van der Waals surface area contributed by atoms with Gasteiger partial charge in [-0.15, -0.1) is 0 Å². The lowest BCUT2D eigenvalue weighted by Gasteiger charge is -2.11. The summed E-state index contributed by atoms with van der Waals surface area (Å²) in [7, 11) is 1.98. The van der Waals surface area contributed by atoms with Gasteiger partial charge in [-0.1, -0.05) is 18.2 Å². The predicted octanol–water partition coefficient (Wildman–Crippen LogP) is 2.84. The number of nitrogens with zero attached hydrogens (tertiary/aromatic N) is 1. The Morgan fingerprint density at radius 3 is 2.76 bits per heavy atom. The van der Waals surface area contributed by atoms with E-state index < -0.39 is 0 Å². The number of para-hydroxylation sites is 1. The maximum Gasteiger partial charge on any atom is 0.314 e. The first-order valence-corrected chi connectivity index (χ1v) is 5.86. The molecule has 2 aromatic rings. The highest BCUT2D eigenvalue weighted by atomic mass is 16.5. The zero-order valence-corrected chi connectivity index (χ0v) is 10.4. The van der Waals surface area contributed by atoms with Crippen LogP contribution >= 0.6 is 0 Å². The second kappa shape index (κ2) is 4.62. The van der Waals surface area contributed by atoms with Gasteiger partial charge in [-0.05, 0) is 31.4 Å². The molecule has 0 spiro atoms. The molecule has 0 saturated carbocycles. The third kappa shape index (κ3) is 2.05. The Bertz CT molecular complexity index is 542. The summed E-state index contributed by atoms with van der Waals surface area (Å²) < 4.78 is 7.11. The van der Waals surface area contributed by atoms with Crippen LogP contribution in [0, 0.1) is 0 Å². The lowest BCUT2D eigenvalue weighted by Crippen LogP contribution is -2.15. The Balaban J connectivity index is 2.42. The van der Waals surface area contributed by atoms with Gasteiger partial charge in [-0.2, -0.15) is 0 Å². The fraction of sp³-hybridized carbons (Fsp3) is 0.357. The van der Waals surface area contributed by atoms with Crippen LogP contribution < -0.4 is 0 Å². The van der Waals surface area contributed by atoms with Crippen molar-refractivity contribution in [3.63, 3.8) is 0 Å². The number of carbonyl (C=O) groups is 1. The van der Waals surface area contributed by atoms with E-state index >= 15 is 0 Å². The summed E-state index contributed by atoms with van der Waals surface area (Å²) in [6, 6.07) is 10.2. The summed E-state index contributed by atoms with van der Waals surface area (Å²) in [6.45, 7) is 4.13. The number of benzene rings is 1. The highest BCUT2D eigenvalue weighted by molar-refractivity contribution is 5.85. The zero-order chi connectivity index (χ0) is 12.4. The number of aromatic nitrogens is 1. The highest BCUT2D eigenvalue weighted by Crippen LogP contribution is 2.25. The first kappa shape index (κ1) is 11.7. The molecular formula is C14H17NO2. The van der Waals surface area contributed by atoms with Crippen molar-refractivity contribution in [1.82, 2.24) is 4.57 Å². The molecule has 1 aromatic heterocycles. The van der Waals surface area contributed by atoms with Crippen molar-refractivity contribution in [2.24, 2.45) is 7.05 Å². The van der Waals surface area contributed by atoms with Gasteiger partial charge in [0.15, 0.2) is 0 Å². The monoisotopic (exact) mass is 231 g/mol. The van der Waals surface area contributed by atoms with Gasteiger partial charge in [0.25, 0.3) is 0 Å². The van der Waals surface area contributed by atoms with Gasteiger partial charge in [0.2, 0.25) is 0 Å². The highest BCUT2D eigenvalue weighted by Gasteiger charge is 2.20. The first-order chi connectivity index (χ1) is 8.15. The Morgan fingerprint density at radius 1 is 1.41 bits per heavy atom. The van der Waals surface area contributed by atoms with Crippen LogP contribution in [0.25, 0.3) is 10.9 Å². The Morgan fingerprint density at radius 2 is 2.12 bits per heavy atom. The SMILES string of the molecule is CCOC(=O)C(C)c1cc2ccccc2n1C. The molecule has 1 unspecified atom stereocenters. The van der Waals surface area contributed by atoms with E-state index in [0.29, 0.717) is 6.61 Å². The van der Waals surface area contributed by atoms with Crippen molar-refractivity contribution in [3.05, 3.63) is 36.0 Å². The van der Waals surface area contributed by atoms with Gasteiger partial charge in [-0.3, -0.25) is 4.79 Å². The van der Waals surface area contributed by atoms with Crippen LogP contribution in [0.2, 0.25) is 0 Å². The lowest BCUT2D eigenvalue weighted by atomic mass is 10.1. The number of rotatable bonds is 3. The van der Waals surface area contributed by atoms with E-state index in [0.717, 1.165) is 16.6 Å². The Hall–Kier alpha value is -1.77. The minimum atomic E-state index is -0.229. The molecule has 0 aliphatic rings. The third-order valence-corrected chi connectivity index (χ3v) is 3.07. The van der Waals surface area contributed by atoms with Gasteiger partial charge in [0.05, 0.1) is 12.5 Å². The van der Waals surface area contributed by atoms with E-state index in [1.807, 2.05) is 33.0 Å². The molecule has 0 aliphatic carbocycles. The first-order valence-electron chi connectivity index (χ1n) is 5.86. The van der Waals surface area contributed by atoms with Gasteiger partial charge < -0.3 is 9.30 Å². The molecule has 0 bridgehead atoms. The maximum atomic E-state index is 11.7. The summed E-state index contributed by atoms with van der Waals surface area (Å²) in [5.74, 6) is -0.397. The molecule has 17 heavy (non-hydrogen) atoms. The van der Waals surface area contributed by atoms with Gasteiger partial charge >= 0.3 is 5.97 Å². The average molecular weight is 231 g/mol. The summed E-state index contributed by atoms with van der Waals surface area (Å²) in [5, 5.41) is 1.15. The van der Waals surface area contributed by atoms with Crippen molar-refractivity contribution >= 4 is 16.9 Å². The fourth-order valence-electron chi connectivity index (χ4n) is 2.11. The summed E-state index contributed by atoms with van der Waals surface area (Å²) >= 11 is 0. The molecule has 0 radical (unpaired) electrons. The molecule has 0 aliphatic heterocycles. The van der Waals surface area contributed by atoms with Crippen molar-refractivity contribution in [2.45, 2.75) is 19.8 Å². The number of carbonyl (C=O) groups excluding carboxylic acids is 1. The van der Waals surface area contributed by atoms with Gasteiger partial charge in [0.1, 0.15) is 0 Å². The molecule has 3 nitrogen and oxygen atoms in total. The molecule has 3 heteroatoms. The number of hydrogen-bond acceptors (Lipinski definition) is 2. The fourth-order valence-corrected chi connectivity index (χ4v) is 2.11. The molecule has 0 saturated heterocycles. The number of aryl methyl sites for hydroxylation is 1. The van der Waals surface area contributed by atoms with Crippen molar-refractivity contribution in [3.8, 4) is 0 Å². The molecule has 1 heterocycles. The predicted molar refractivity (Wildman–Crippen MR) is 68.0 cm³/mol. The molecule has 0 N–H and O–H groups in total. The van der Waals surface area contributed by atoms with Gasteiger partial charge in [0, 0.05) is 18.3 Å². The maximum absolute atomic E-state index is 11.7. The van der Waals surface area contributed by atoms with Crippen LogP contribution in [-0.2, 0) is 16.6 Å². The molecule has 2 rings (SSSR count). The summed E-state index contributed by atoms with van der Waals surface area (Å²) in [5.41, 5.74) is 2.13. The topological polar surface area (TPSA) is 31.2 Å². The van der Waals surface area contributed by atoms with E-state index in [1.165, 1.54) is 0 Å². The van der Waals surface area contributed by atoms with E-state index in [4.69, 9.17) is 4.74 Å². The lowest BCUT2D eigenvalue weighted by molar-refractivity contribution is -0.144. The third-order valence-electron chi connectivity index (χ3n) is 3.07. The minimum absolute atomic E-state index is 0.168. The molecule has 90 valence electrons. The van der Waals surface area contributed by atoms with Crippen LogP contribution in [0.1, 0.15) is 25.5 Å². The minimum Gasteiger partial charge on any atom is -0.465 e. The smallest absolute Gasteiger partial charge is 0.314 e. The van der Waals surface area contributed by atoms with Crippen LogP contribution in [0.5, 0.6) is 0 Å². The molecule has 0 amide bonds. The number of esters is 1. The van der Waals surface area contributed by atoms with E-state index in [9.17, 15) is 4.79 Å². The van der Waals surface area contributed by atoms with Crippen molar-refractivity contribution < 1.29 is 9.53 Å². The molecular weight excluding hydrogens is 214 g/mol. The second-order valence-corrected chi connectivity index (χ2v) is 4.16. The van der Waals surface area contributed by atoms with E-state index in [2.05, 4.69) is 22.8 Å². The number of ether oxygens (including phenoxy) is 1. The summed E-state index contributed by atoms with van der Waals surface area (Å²) in [4.78, 5) is 11.7. The van der Waals surface area contributed by atoms with Crippen LogP contribution in [0.3, 0.4) is 0 Å². The number of hydrogen-bond donors (Lipinski definition) is 0. The quantitative estimate of drug-likeness (QED) is 0.761. The molecule has 1 atom stereocenters. The van der Waals surface area contributed by atoms with Gasteiger partial charge in [-0.25, -0.2) is 0 Å². The Kier molecular flexibility index (Phi) is 3.18. The van der Waals surface area contributed by atoms with Crippen molar-refractivity contribution in [1.29, 1.82) is 0 Å². The standard InChI is InChI=1S/C14H17NO2/c1-4-17-14(16)10(2)13-9-11-7-5-6-8-12(11)15(13)3/h5-10H,4H2,1-3H3. The zero-order valence-electron chi connectivity index (χ0n) is 10.4. The Labute approximate surface area is 101 Å². The van der Waals surface area contributed by atoms with Crippen LogP contribution in [-0.4, -0.2) is 17.1 Å². The second-order valence-electron chi connectivity index (χ2n) is 4.16. The van der Waals surface area contributed by atoms with Crippen molar-refractivity contribution in [2.75, 3.05) is 6.61 Å². The largest absolute Gasteiger partial charge is 0.465 e. The van der Waals surface area contributed by atoms with E-state index in [-0.39, 0.29) is 11.9 Å². The normalized spacial score (nSPS) is 12.6. The number of fused-ring (bicyclic) bond motifs is 1. The molecule has 1 aromatic carbocycles. The van der Waals surface area contributed by atoms with Crippen LogP contribution in [0.15, 0.2) is 30.3 Å². The molecule has 0 fully saturated rings. The van der Waals surface area contributed by atoms with Crippen LogP contribution in [0.4, 0.5) is 0 Å².